The van der Waals surface area contributed by atoms with E-state index in [9.17, 15) is 21.6 Å². The largest absolute Gasteiger partial charge is 0.534 e. The average molecular weight is 285 g/mol. The second-order valence-corrected chi connectivity index (χ2v) is 4.70. The van der Waals surface area contributed by atoms with Crippen molar-refractivity contribution in [3.05, 3.63) is 18.0 Å². The zero-order chi connectivity index (χ0) is 14.0. The predicted octanol–water partition coefficient (Wildman–Crippen LogP) is 1.88. The van der Waals surface area contributed by atoms with Gasteiger partial charge in [0.2, 0.25) is 0 Å². The van der Waals surface area contributed by atoms with E-state index in [1.54, 1.807) is 6.92 Å². The fraction of sp³-hybridized carbons (Fsp3) is 0.444. The Morgan fingerprint density at radius 3 is 2.39 bits per heavy atom. The molecule has 0 aliphatic heterocycles. The predicted molar refractivity (Wildman–Crippen MR) is 55.8 cm³/mol. The quantitative estimate of drug-likeness (QED) is 0.624. The molecule has 1 heterocycles. The first-order valence-corrected chi connectivity index (χ1v) is 6.15. The molecule has 0 aliphatic carbocycles. The first kappa shape index (κ1) is 14.6. The Morgan fingerprint density at radius 2 is 1.94 bits per heavy atom. The summed E-state index contributed by atoms with van der Waals surface area (Å²) in [5, 5.41) is 0. The fourth-order valence-corrected chi connectivity index (χ4v) is 1.50. The smallest absolute Gasteiger partial charge is 0.491 e. The Morgan fingerprint density at radius 1 is 1.33 bits per heavy atom. The summed E-state index contributed by atoms with van der Waals surface area (Å²) in [5.74, 6) is -0.735. The number of pyridine rings is 1. The highest BCUT2D eigenvalue weighted by atomic mass is 32.2. The van der Waals surface area contributed by atoms with Gasteiger partial charge >= 0.3 is 15.6 Å². The second-order valence-electron chi connectivity index (χ2n) is 3.16. The van der Waals surface area contributed by atoms with Crippen LogP contribution in [0.1, 0.15) is 12.6 Å². The summed E-state index contributed by atoms with van der Waals surface area (Å²) >= 11 is 0. The highest BCUT2D eigenvalue weighted by molar-refractivity contribution is 7.88. The summed E-state index contributed by atoms with van der Waals surface area (Å²) in [4.78, 5) is 3.84. The molecule has 1 rings (SSSR count). The number of ether oxygens (including phenoxy) is 1. The molecule has 18 heavy (non-hydrogen) atoms. The Balaban J connectivity index is 3.18. The number of hydrogen-bond acceptors (Lipinski definition) is 5. The van der Waals surface area contributed by atoms with Crippen LogP contribution >= 0.6 is 0 Å². The summed E-state index contributed by atoms with van der Waals surface area (Å²) in [6.07, 6.45) is 1.51. The van der Waals surface area contributed by atoms with Crippen molar-refractivity contribution in [3.8, 4) is 11.5 Å². The minimum Gasteiger partial charge on any atom is -0.491 e. The van der Waals surface area contributed by atoms with Gasteiger partial charge in [-0.05, 0) is 6.42 Å². The molecule has 0 bridgehead atoms. The summed E-state index contributed by atoms with van der Waals surface area (Å²) < 4.78 is 66.9. The van der Waals surface area contributed by atoms with Crippen LogP contribution in [0.25, 0.3) is 0 Å². The van der Waals surface area contributed by atoms with E-state index < -0.39 is 21.4 Å². The van der Waals surface area contributed by atoms with E-state index in [4.69, 9.17) is 0 Å². The van der Waals surface area contributed by atoms with Crippen molar-refractivity contribution in [2.45, 2.75) is 18.9 Å². The number of aryl methyl sites for hydroxylation is 1. The lowest BCUT2D eigenvalue weighted by Gasteiger charge is -2.12. The molecule has 0 N–H and O–H groups in total. The molecule has 0 radical (unpaired) electrons. The molecule has 0 fully saturated rings. The summed E-state index contributed by atoms with van der Waals surface area (Å²) in [6, 6.07) is 1.09. The SMILES string of the molecule is CCc1cc(OS(=O)(=O)C(F)(F)F)c(OC)cn1. The minimum absolute atomic E-state index is 0.194. The highest BCUT2D eigenvalue weighted by Crippen LogP contribution is 2.32. The number of rotatable bonds is 4. The number of hydrogen-bond donors (Lipinski definition) is 0. The van der Waals surface area contributed by atoms with E-state index in [0.29, 0.717) is 12.1 Å². The third-order valence-corrected chi connectivity index (χ3v) is 2.92. The maximum atomic E-state index is 12.2. The van der Waals surface area contributed by atoms with E-state index in [1.807, 2.05) is 0 Å². The van der Waals surface area contributed by atoms with Gasteiger partial charge in [0.25, 0.3) is 0 Å². The van der Waals surface area contributed by atoms with Crippen molar-refractivity contribution in [2.24, 2.45) is 0 Å². The van der Waals surface area contributed by atoms with Crippen LogP contribution in [0.4, 0.5) is 13.2 Å². The summed E-state index contributed by atoms with van der Waals surface area (Å²) in [5.41, 5.74) is -5.11. The van der Waals surface area contributed by atoms with Gasteiger partial charge in [0.05, 0.1) is 13.3 Å². The van der Waals surface area contributed by atoms with Gasteiger partial charge in [-0.1, -0.05) is 6.92 Å². The zero-order valence-corrected chi connectivity index (χ0v) is 10.3. The lowest BCUT2D eigenvalue weighted by Crippen LogP contribution is -2.28. The molecule has 0 spiro atoms. The van der Waals surface area contributed by atoms with Crippen LogP contribution in [0.5, 0.6) is 11.5 Å². The van der Waals surface area contributed by atoms with Crippen LogP contribution in [0.3, 0.4) is 0 Å². The summed E-state index contributed by atoms with van der Waals surface area (Å²) in [6.45, 7) is 1.71. The van der Waals surface area contributed by atoms with Crippen LogP contribution in [0, 0.1) is 0 Å². The number of methoxy groups -OCH3 is 1. The van der Waals surface area contributed by atoms with Gasteiger partial charge in [-0.15, -0.1) is 0 Å². The Hall–Kier alpha value is -1.51. The molecule has 5 nitrogen and oxygen atoms in total. The van der Waals surface area contributed by atoms with Crippen LogP contribution < -0.4 is 8.92 Å². The number of aromatic nitrogens is 1. The van der Waals surface area contributed by atoms with Gasteiger partial charge < -0.3 is 8.92 Å². The van der Waals surface area contributed by atoms with E-state index in [0.717, 1.165) is 19.4 Å². The lowest BCUT2D eigenvalue weighted by molar-refractivity contribution is -0.0500. The monoisotopic (exact) mass is 285 g/mol. The molecular formula is C9H10F3NO4S. The number of nitrogens with zero attached hydrogens (tertiary/aromatic N) is 1. The topological polar surface area (TPSA) is 65.5 Å². The molecule has 0 amide bonds. The third kappa shape index (κ3) is 3.03. The maximum absolute atomic E-state index is 12.2. The van der Waals surface area contributed by atoms with Gasteiger partial charge in [0.1, 0.15) is 0 Å². The first-order chi connectivity index (χ1) is 8.21. The van der Waals surface area contributed by atoms with Gasteiger partial charge in [0.15, 0.2) is 11.5 Å². The zero-order valence-electron chi connectivity index (χ0n) is 9.48. The Labute approximate surface area is 102 Å². The van der Waals surface area contributed by atoms with E-state index >= 15 is 0 Å². The van der Waals surface area contributed by atoms with Crippen LogP contribution in [-0.4, -0.2) is 26.0 Å². The molecule has 1 aromatic rings. The van der Waals surface area contributed by atoms with Crippen LogP contribution in [0.15, 0.2) is 12.3 Å². The van der Waals surface area contributed by atoms with Crippen molar-refractivity contribution in [3.63, 3.8) is 0 Å². The van der Waals surface area contributed by atoms with Gasteiger partial charge in [-0.2, -0.15) is 21.6 Å². The standard InChI is InChI=1S/C9H10F3NO4S/c1-3-6-4-7(8(16-2)5-13-6)17-18(14,15)9(10,11)12/h4-5H,3H2,1-2H3. The molecule has 1 aromatic heterocycles. The molecule has 0 aromatic carbocycles. The maximum Gasteiger partial charge on any atom is 0.534 e. The fourth-order valence-electron chi connectivity index (χ4n) is 1.04. The van der Waals surface area contributed by atoms with Crippen LogP contribution in [0.2, 0.25) is 0 Å². The summed E-state index contributed by atoms with van der Waals surface area (Å²) in [7, 11) is -4.55. The molecular weight excluding hydrogens is 275 g/mol. The van der Waals surface area contributed by atoms with E-state index in [2.05, 4.69) is 13.9 Å². The molecule has 0 unspecified atom stereocenters. The minimum atomic E-state index is -5.72. The van der Waals surface area contributed by atoms with Gasteiger partial charge in [0, 0.05) is 11.8 Å². The van der Waals surface area contributed by atoms with Crippen molar-refractivity contribution in [2.75, 3.05) is 7.11 Å². The van der Waals surface area contributed by atoms with Crippen molar-refractivity contribution in [1.29, 1.82) is 0 Å². The van der Waals surface area contributed by atoms with Crippen molar-refractivity contribution < 1.29 is 30.5 Å². The normalized spacial score (nSPS) is 12.3. The highest BCUT2D eigenvalue weighted by Gasteiger charge is 2.49. The molecule has 0 aliphatic rings. The van der Waals surface area contributed by atoms with Gasteiger partial charge in [-0.3, -0.25) is 4.98 Å². The molecule has 0 atom stereocenters. The molecule has 102 valence electrons. The van der Waals surface area contributed by atoms with Gasteiger partial charge in [-0.25, -0.2) is 0 Å². The Kier molecular flexibility index (Phi) is 4.05. The first-order valence-electron chi connectivity index (χ1n) is 4.75. The average Bonchev–Trinajstić information content (AvgIpc) is 2.26. The lowest BCUT2D eigenvalue weighted by atomic mass is 10.3. The van der Waals surface area contributed by atoms with E-state index in [-0.39, 0.29) is 5.75 Å². The molecule has 0 saturated heterocycles. The second kappa shape index (κ2) is 5.01. The van der Waals surface area contributed by atoms with Crippen molar-refractivity contribution >= 4 is 10.1 Å². The third-order valence-electron chi connectivity index (χ3n) is 1.95. The Bertz CT molecular complexity index is 527. The van der Waals surface area contributed by atoms with Crippen LogP contribution in [-0.2, 0) is 16.5 Å². The number of halogens is 3. The van der Waals surface area contributed by atoms with Crippen molar-refractivity contribution in [1.82, 2.24) is 4.98 Å². The molecule has 0 saturated carbocycles. The van der Waals surface area contributed by atoms with E-state index in [1.165, 1.54) is 0 Å². The number of alkyl halides is 3. The molecule has 9 heteroatoms.